The third kappa shape index (κ3) is 3.66. The van der Waals surface area contributed by atoms with Crippen molar-refractivity contribution >= 4 is 23.2 Å². The quantitative estimate of drug-likeness (QED) is 0.694. The number of nitrogens with zero attached hydrogens (tertiary/aromatic N) is 7. The van der Waals surface area contributed by atoms with Gasteiger partial charge in [0, 0.05) is 50.3 Å². The van der Waals surface area contributed by atoms with Crippen molar-refractivity contribution in [1.82, 2.24) is 20.2 Å². The van der Waals surface area contributed by atoms with Gasteiger partial charge in [0.1, 0.15) is 11.9 Å². The van der Waals surface area contributed by atoms with Gasteiger partial charge >= 0.3 is 0 Å². The van der Waals surface area contributed by atoms with Crippen molar-refractivity contribution in [3.05, 3.63) is 59.5 Å². The van der Waals surface area contributed by atoms with E-state index in [2.05, 4.69) is 36.0 Å². The Balaban J connectivity index is 1.43. The highest BCUT2D eigenvalue weighted by atomic mass is 35.5. The van der Waals surface area contributed by atoms with Gasteiger partial charge in [0.15, 0.2) is 5.82 Å². The van der Waals surface area contributed by atoms with Crippen LogP contribution >= 0.6 is 11.6 Å². The fourth-order valence-electron chi connectivity index (χ4n) is 3.04. The van der Waals surface area contributed by atoms with Crippen molar-refractivity contribution in [2.75, 3.05) is 36.0 Å². The molecule has 0 aliphatic carbocycles. The lowest BCUT2D eigenvalue weighted by molar-refractivity contribution is 0.638. The molecular formula is C19H16ClN7. The second-order valence-electron chi connectivity index (χ2n) is 6.13. The average molecular weight is 378 g/mol. The van der Waals surface area contributed by atoms with Gasteiger partial charge in [-0.1, -0.05) is 11.6 Å². The number of hydrogen-bond acceptors (Lipinski definition) is 7. The molecule has 0 aromatic carbocycles. The first-order valence-corrected chi connectivity index (χ1v) is 8.92. The maximum Gasteiger partial charge on any atom is 0.151 e. The number of pyridine rings is 2. The SMILES string of the molecule is N#Cc1cnc(N2CCN(c3ccc(-c4ccncc4)nn3)CC2)c(Cl)c1. The van der Waals surface area contributed by atoms with Crippen LogP contribution in [0.4, 0.5) is 11.6 Å². The molecule has 0 atom stereocenters. The minimum absolute atomic E-state index is 0.465. The molecule has 0 unspecified atom stereocenters. The summed E-state index contributed by atoms with van der Waals surface area (Å²) in [6.07, 6.45) is 5.04. The molecule has 4 heterocycles. The Morgan fingerprint density at radius 1 is 0.963 bits per heavy atom. The Hall–Kier alpha value is -3.24. The van der Waals surface area contributed by atoms with E-state index in [9.17, 15) is 0 Å². The monoisotopic (exact) mass is 377 g/mol. The van der Waals surface area contributed by atoms with Crippen LogP contribution in [0.15, 0.2) is 48.9 Å². The first-order valence-electron chi connectivity index (χ1n) is 8.54. The minimum Gasteiger partial charge on any atom is -0.352 e. The molecule has 1 saturated heterocycles. The molecule has 0 radical (unpaired) electrons. The molecule has 134 valence electrons. The molecule has 1 aliphatic heterocycles. The zero-order chi connectivity index (χ0) is 18.6. The van der Waals surface area contributed by atoms with E-state index >= 15 is 0 Å². The van der Waals surface area contributed by atoms with E-state index in [-0.39, 0.29) is 0 Å². The van der Waals surface area contributed by atoms with E-state index in [1.807, 2.05) is 24.3 Å². The second-order valence-corrected chi connectivity index (χ2v) is 6.54. The van der Waals surface area contributed by atoms with Crippen LogP contribution in [0, 0.1) is 11.3 Å². The molecule has 7 nitrogen and oxygen atoms in total. The summed E-state index contributed by atoms with van der Waals surface area (Å²) in [4.78, 5) is 12.7. The third-order valence-electron chi connectivity index (χ3n) is 4.48. The summed E-state index contributed by atoms with van der Waals surface area (Å²) >= 11 is 6.27. The number of halogens is 1. The van der Waals surface area contributed by atoms with Gasteiger partial charge in [0.25, 0.3) is 0 Å². The fourth-order valence-corrected chi connectivity index (χ4v) is 3.33. The van der Waals surface area contributed by atoms with Crippen LogP contribution in [0.25, 0.3) is 11.3 Å². The number of piperazine rings is 1. The normalized spacial score (nSPS) is 14.1. The van der Waals surface area contributed by atoms with Crippen LogP contribution in [0.2, 0.25) is 5.02 Å². The number of anilines is 2. The van der Waals surface area contributed by atoms with Crippen LogP contribution < -0.4 is 9.80 Å². The Morgan fingerprint density at radius 3 is 2.33 bits per heavy atom. The second kappa shape index (κ2) is 7.56. The Bertz CT molecular complexity index is 962. The molecule has 0 amide bonds. The van der Waals surface area contributed by atoms with Crippen molar-refractivity contribution in [3.8, 4) is 17.3 Å². The minimum atomic E-state index is 0.465. The lowest BCUT2D eigenvalue weighted by Gasteiger charge is -2.36. The van der Waals surface area contributed by atoms with Gasteiger partial charge in [-0.15, -0.1) is 10.2 Å². The molecule has 0 spiro atoms. The van der Waals surface area contributed by atoms with E-state index < -0.39 is 0 Å². The Labute approximate surface area is 161 Å². The average Bonchev–Trinajstić information content (AvgIpc) is 2.74. The fraction of sp³-hybridized carbons (Fsp3) is 0.211. The standard InChI is InChI=1S/C19H16ClN7/c20-16-11-14(12-21)13-23-19(16)27-9-7-26(8-10-27)18-2-1-17(24-25-18)15-3-5-22-6-4-15/h1-6,11,13H,7-10H2. The van der Waals surface area contributed by atoms with Crippen molar-refractivity contribution in [3.63, 3.8) is 0 Å². The molecule has 27 heavy (non-hydrogen) atoms. The summed E-state index contributed by atoms with van der Waals surface area (Å²) in [7, 11) is 0. The van der Waals surface area contributed by atoms with Crippen LogP contribution in [-0.4, -0.2) is 46.3 Å². The molecule has 1 fully saturated rings. The van der Waals surface area contributed by atoms with E-state index in [0.717, 1.165) is 49.1 Å². The molecule has 1 aliphatic rings. The summed E-state index contributed by atoms with van der Waals surface area (Å²) in [5.74, 6) is 1.57. The summed E-state index contributed by atoms with van der Waals surface area (Å²) in [6, 6.07) is 11.5. The van der Waals surface area contributed by atoms with Gasteiger partial charge in [0.2, 0.25) is 0 Å². The van der Waals surface area contributed by atoms with Gasteiger partial charge in [-0.3, -0.25) is 4.98 Å². The number of aromatic nitrogens is 4. The summed E-state index contributed by atoms with van der Waals surface area (Å²) in [6.45, 7) is 3.13. The van der Waals surface area contributed by atoms with Crippen LogP contribution in [-0.2, 0) is 0 Å². The van der Waals surface area contributed by atoms with Crippen LogP contribution in [0.1, 0.15) is 5.56 Å². The van der Waals surface area contributed by atoms with E-state index in [0.29, 0.717) is 10.6 Å². The van der Waals surface area contributed by atoms with Gasteiger partial charge < -0.3 is 9.80 Å². The van der Waals surface area contributed by atoms with Gasteiger partial charge in [-0.25, -0.2) is 4.98 Å². The largest absolute Gasteiger partial charge is 0.352 e. The highest BCUT2D eigenvalue weighted by Crippen LogP contribution is 2.26. The van der Waals surface area contributed by atoms with Gasteiger partial charge in [-0.2, -0.15) is 5.26 Å². The molecule has 0 N–H and O–H groups in total. The topological polar surface area (TPSA) is 81.8 Å². The molecular weight excluding hydrogens is 362 g/mol. The van der Waals surface area contributed by atoms with E-state index in [1.54, 1.807) is 24.7 Å². The predicted octanol–water partition coefficient (Wildman–Crippen LogP) is 2.79. The van der Waals surface area contributed by atoms with Crippen molar-refractivity contribution < 1.29 is 0 Å². The smallest absolute Gasteiger partial charge is 0.151 e. The molecule has 3 aromatic rings. The van der Waals surface area contributed by atoms with Crippen molar-refractivity contribution in [1.29, 1.82) is 5.26 Å². The number of rotatable bonds is 3. The Morgan fingerprint density at radius 2 is 1.70 bits per heavy atom. The summed E-state index contributed by atoms with van der Waals surface area (Å²) in [5, 5.41) is 18.1. The number of nitriles is 1. The highest BCUT2D eigenvalue weighted by Gasteiger charge is 2.21. The maximum atomic E-state index is 8.93. The van der Waals surface area contributed by atoms with Gasteiger partial charge in [0.05, 0.1) is 16.3 Å². The third-order valence-corrected chi connectivity index (χ3v) is 4.76. The zero-order valence-corrected chi connectivity index (χ0v) is 15.2. The molecule has 0 saturated carbocycles. The lowest BCUT2D eigenvalue weighted by Crippen LogP contribution is -2.47. The molecule has 0 bridgehead atoms. The van der Waals surface area contributed by atoms with Crippen LogP contribution in [0.3, 0.4) is 0 Å². The zero-order valence-electron chi connectivity index (χ0n) is 14.5. The highest BCUT2D eigenvalue weighted by molar-refractivity contribution is 6.33. The van der Waals surface area contributed by atoms with E-state index in [1.165, 1.54) is 0 Å². The van der Waals surface area contributed by atoms with Crippen molar-refractivity contribution in [2.24, 2.45) is 0 Å². The first-order chi connectivity index (χ1) is 13.2. The molecule has 8 heteroatoms. The first kappa shape index (κ1) is 17.2. The Kier molecular flexibility index (Phi) is 4.81. The van der Waals surface area contributed by atoms with Crippen LogP contribution in [0.5, 0.6) is 0 Å². The lowest BCUT2D eigenvalue weighted by atomic mass is 10.2. The van der Waals surface area contributed by atoms with Crippen molar-refractivity contribution in [2.45, 2.75) is 0 Å². The molecule has 4 rings (SSSR count). The molecule has 3 aromatic heterocycles. The van der Waals surface area contributed by atoms with Gasteiger partial charge in [-0.05, 0) is 30.3 Å². The predicted molar refractivity (Wildman–Crippen MR) is 104 cm³/mol. The van der Waals surface area contributed by atoms with E-state index in [4.69, 9.17) is 16.9 Å². The number of hydrogen-bond donors (Lipinski definition) is 0. The summed E-state index contributed by atoms with van der Waals surface area (Å²) < 4.78 is 0. The summed E-state index contributed by atoms with van der Waals surface area (Å²) in [5.41, 5.74) is 2.29. The maximum absolute atomic E-state index is 8.93.